The molecule has 0 aromatic carbocycles. The second-order valence-corrected chi connectivity index (χ2v) is 14.4. The first-order valence-electron chi connectivity index (χ1n) is 14.5. The van der Waals surface area contributed by atoms with E-state index < -0.39 is 12.5 Å². The highest BCUT2D eigenvalue weighted by atomic mass is 32.2. The van der Waals surface area contributed by atoms with Crippen LogP contribution in [0.1, 0.15) is 94.8 Å². The van der Waals surface area contributed by atoms with Gasteiger partial charge in [-0.15, -0.1) is 0 Å². The first-order valence-corrected chi connectivity index (χ1v) is 15.5. The van der Waals surface area contributed by atoms with Crippen LogP contribution in [-0.2, 0) is 0 Å². The van der Waals surface area contributed by atoms with E-state index in [1.165, 1.54) is 24.0 Å². The molecule has 202 valence electrons. The molecule has 7 rings (SSSR count). The van der Waals surface area contributed by atoms with Crippen LogP contribution in [0.3, 0.4) is 0 Å². The molecule has 0 radical (unpaired) electrons. The van der Waals surface area contributed by atoms with E-state index in [0.29, 0.717) is 23.9 Å². The summed E-state index contributed by atoms with van der Waals surface area (Å²) in [5, 5.41) is 24.4. The summed E-state index contributed by atoms with van der Waals surface area (Å²) < 4.78 is 10.7. The maximum Gasteiger partial charge on any atom is 0.122 e. The lowest BCUT2D eigenvalue weighted by molar-refractivity contribution is -0.191. The van der Waals surface area contributed by atoms with Crippen LogP contribution in [0.25, 0.3) is 0 Å². The Morgan fingerprint density at radius 2 is 1.35 bits per heavy atom. The first-order chi connectivity index (χ1) is 17.9. The molecule has 2 spiro atoms. The van der Waals surface area contributed by atoms with E-state index in [0.717, 1.165) is 50.7 Å². The number of furan rings is 2. The average molecular weight is 527 g/mol. The number of hydrogen-bond acceptors (Lipinski definition) is 7. The molecule has 37 heavy (non-hydrogen) atoms. The molecule has 7 heterocycles. The fourth-order valence-electron chi connectivity index (χ4n) is 9.06. The fourth-order valence-corrected chi connectivity index (χ4v) is 11.0. The number of rotatable bonds is 2. The van der Waals surface area contributed by atoms with Crippen LogP contribution in [0.15, 0.2) is 46.0 Å². The smallest absolute Gasteiger partial charge is 0.122 e. The maximum absolute atomic E-state index is 12.2. The van der Waals surface area contributed by atoms with Gasteiger partial charge >= 0.3 is 0 Å². The lowest BCUT2D eigenvalue weighted by Gasteiger charge is -2.58. The normalized spacial score (nSPS) is 46.8. The summed E-state index contributed by atoms with van der Waals surface area (Å²) in [5.74, 6) is 2.10. The Kier molecular flexibility index (Phi) is 6.13. The molecular weight excluding hydrogens is 484 g/mol. The van der Waals surface area contributed by atoms with Gasteiger partial charge in [-0.05, 0) is 81.8 Å². The SMILES string of the molecule is CC1CCC(c2ccoc2)N2C1CCC1(CSC3(CCC4C(C)CCC(c5ccoc5)N4C3O)C1)C2O. The largest absolute Gasteiger partial charge is 0.472 e. The van der Waals surface area contributed by atoms with Crippen molar-refractivity contribution in [2.45, 2.75) is 113 Å². The number of thioether (sulfide) groups is 1. The molecule has 10 atom stereocenters. The highest BCUT2D eigenvalue weighted by molar-refractivity contribution is 8.01. The minimum Gasteiger partial charge on any atom is -0.472 e. The minimum atomic E-state index is -0.506. The monoisotopic (exact) mass is 526 g/mol. The van der Waals surface area contributed by atoms with Gasteiger partial charge < -0.3 is 19.0 Å². The molecule has 6 nitrogen and oxygen atoms in total. The number of nitrogens with zero attached hydrogens (tertiary/aromatic N) is 2. The second kappa shape index (κ2) is 9.16. The molecule has 0 aliphatic carbocycles. The highest BCUT2D eigenvalue weighted by Crippen LogP contribution is 2.63. The Hall–Kier alpha value is -1.25. The predicted molar refractivity (Wildman–Crippen MR) is 144 cm³/mol. The summed E-state index contributed by atoms with van der Waals surface area (Å²) in [6.45, 7) is 4.72. The van der Waals surface area contributed by atoms with Crippen molar-refractivity contribution in [1.82, 2.24) is 9.80 Å². The van der Waals surface area contributed by atoms with Crippen molar-refractivity contribution in [2.24, 2.45) is 17.3 Å². The van der Waals surface area contributed by atoms with Crippen molar-refractivity contribution < 1.29 is 19.0 Å². The molecule has 5 aliphatic rings. The quantitative estimate of drug-likeness (QED) is 0.501. The van der Waals surface area contributed by atoms with Crippen LogP contribution in [0.5, 0.6) is 0 Å². The van der Waals surface area contributed by atoms with E-state index in [4.69, 9.17) is 8.83 Å². The molecule has 2 aromatic heterocycles. The minimum absolute atomic E-state index is 0.180. The van der Waals surface area contributed by atoms with Gasteiger partial charge in [-0.2, -0.15) is 11.8 Å². The van der Waals surface area contributed by atoms with Gasteiger partial charge in [0.05, 0.1) is 29.8 Å². The topological polar surface area (TPSA) is 73.2 Å². The van der Waals surface area contributed by atoms with Crippen LogP contribution in [0.2, 0.25) is 0 Å². The first kappa shape index (κ1) is 24.8. The third kappa shape index (κ3) is 3.75. The van der Waals surface area contributed by atoms with Crippen LogP contribution < -0.4 is 0 Å². The van der Waals surface area contributed by atoms with Crippen LogP contribution in [-0.4, -0.2) is 55.1 Å². The van der Waals surface area contributed by atoms with Gasteiger partial charge in [0.25, 0.3) is 0 Å². The van der Waals surface area contributed by atoms with Gasteiger partial charge in [0.15, 0.2) is 0 Å². The Balaban J connectivity index is 1.18. The van der Waals surface area contributed by atoms with Crippen LogP contribution >= 0.6 is 11.8 Å². The molecular formula is C30H42N2O4S. The van der Waals surface area contributed by atoms with Gasteiger partial charge in [0.1, 0.15) is 12.5 Å². The molecule has 7 heteroatoms. The maximum atomic E-state index is 12.2. The third-order valence-corrected chi connectivity index (χ3v) is 13.0. The third-order valence-electron chi connectivity index (χ3n) is 11.1. The van der Waals surface area contributed by atoms with Crippen molar-refractivity contribution in [2.75, 3.05) is 5.75 Å². The van der Waals surface area contributed by atoms with Gasteiger partial charge in [0.2, 0.25) is 0 Å². The summed E-state index contributed by atoms with van der Waals surface area (Å²) in [5.41, 5.74) is 2.20. The summed E-state index contributed by atoms with van der Waals surface area (Å²) >= 11 is 1.96. The van der Waals surface area contributed by atoms with Crippen molar-refractivity contribution >= 4 is 11.8 Å². The second-order valence-electron chi connectivity index (χ2n) is 13.0. The molecule has 2 aromatic rings. The van der Waals surface area contributed by atoms with Crippen molar-refractivity contribution in [3.8, 4) is 0 Å². The number of hydrogen-bond donors (Lipinski definition) is 2. The van der Waals surface area contributed by atoms with E-state index in [2.05, 4.69) is 35.8 Å². The van der Waals surface area contributed by atoms with E-state index in [-0.39, 0.29) is 22.2 Å². The Labute approximate surface area is 224 Å². The molecule has 5 aliphatic heterocycles. The highest BCUT2D eigenvalue weighted by Gasteiger charge is 2.63. The molecule has 0 bridgehead atoms. The molecule has 5 fully saturated rings. The number of piperidine rings is 4. The van der Waals surface area contributed by atoms with Gasteiger partial charge in [-0.3, -0.25) is 9.80 Å². The zero-order chi connectivity index (χ0) is 25.4. The fraction of sp³-hybridized carbons (Fsp3) is 0.733. The predicted octanol–water partition coefficient (Wildman–Crippen LogP) is 5.94. The van der Waals surface area contributed by atoms with Crippen LogP contribution in [0, 0.1) is 17.3 Å². The number of fused-ring (bicyclic) bond motifs is 2. The Morgan fingerprint density at radius 3 is 1.92 bits per heavy atom. The van der Waals surface area contributed by atoms with Gasteiger partial charge in [0, 0.05) is 46.5 Å². The van der Waals surface area contributed by atoms with Gasteiger partial charge in [-0.25, -0.2) is 0 Å². The van der Waals surface area contributed by atoms with E-state index >= 15 is 0 Å². The van der Waals surface area contributed by atoms with E-state index in [1.54, 1.807) is 12.5 Å². The van der Waals surface area contributed by atoms with Gasteiger partial charge in [-0.1, -0.05) is 13.8 Å². The van der Waals surface area contributed by atoms with Crippen molar-refractivity contribution in [3.05, 3.63) is 48.3 Å². The van der Waals surface area contributed by atoms with E-state index in [1.807, 2.05) is 24.3 Å². The lowest BCUT2D eigenvalue weighted by atomic mass is 9.65. The van der Waals surface area contributed by atoms with Crippen LogP contribution in [0.4, 0.5) is 0 Å². The Bertz CT molecular complexity index is 993. The average Bonchev–Trinajstić information content (AvgIpc) is 3.68. The standard InChI is InChI=1S/C30H42N2O4S/c1-19-3-5-25(21-9-13-35-15-21)31-23(19)7-11-29(27(31)33)17-30(37-18-29)12-8-24-20(2)4-6-26(32(24)28(30)34)22-10-14-36-16-22/h9-10,13-16,19-20,23-28,33-34H,3-8,11-12,17-18H2,1-2H3. The number of aliphatic hydroxyl groups is 2. The molecule has 0 amide bonds. The number of aliphatic hydroxyl groups excluding tert-OH is 2. The van der Waals surface area contributed by atoms with E-state index in [9.17, 15) is 10.2 Å². The zero-order valence-corrected chi connectivity index (χ0v) is 23.0. The molecule has 5 saturated heterocycles. The summed E-state index contributed by atoms with van der Waals surface area (Å²) in [6, 6.07) is 5.38. The van der Waals surface area contributed by atoms with Crippen molar-refractivity contribution in [1.29, 1.82) is 0 Å². The summed E-state index contributed by atoms with van der Waals surface area (Å²) in [6.07, 6.45) is 16.0. The molecule has 0 saturated carbocycles. The summed E-state index contributed by atoms with van der Waals surface area (Å²) in [7, 11) is 0. The lowest BCUT2D eigenvalue weighted by Crippen LogP contribution is -2.64. The summed E-state index contributed by atoms with van der Waals surface area (Å²) in [4.78, 5) is 4.90. The Morgan fingerprint density at radius 1 is 0.784 bits per heavy atom. The van der Waals surface area contributed by atoms with Crippen molar-refractivity contribution in [3.63, 3.8) is 0 Å². The molecule has 10 unspecified atom stereocenters. The zero-order valence-electron chi connectivity index (χ0n) is 22.2. The molecule has 2 N–H and O–H groups in total.